The van der Waals surface area contributed by atoms with Crippen molar-refractivity contribution in [3.05, 3.63) is 106 Å². The Morgan fingerprint density at radius 2 is 1.36 bits per heavy atom. The van der Waals surface area contributed by atoms with Gasteiger partial charge in [0, 0.05) is 67.4 Å². The number of cyclic esters (lactones) is 1. The van der Waals surface area contributed by atoms with Crippen molar-refractivity contribution in [1.82, 2.24) is 20.1 Å². The third kappa shape index (κ3) is 27.6. The number of nitrogens with one attached hydrogen (secondary N) is 5. The number of guanidine groups is 1. The fourth-order valence-electron chi connectivity index (χ4n) is 12.2. The quantitative estimate of drug-likeness (QED) is 0.00707. The van der Waals surface area contributed by atoms with Crippen molar-refractivity contribution in [2.45, 2.75) is 184 Å². The van der Waals surface area contributed by atoms with Crippen LogP contribution in [0.25, 0.3) is 10.9 Å². The van der Waals surface area contributed by atoms with Crippen molar-refractivity contribution >= 4 is 138 Å². The Morgan fingerprint density at radius 3 is 1.99 bits per heavy atom. The summed E-state index contributed by atoms with van der Waals surface area (Å²) >= 11 is 3.40. The smallest absolute Gasteiger partial charge is 0.331 e. The van der Waals surface area contributed by atoms with E-state index in [4.69, 9.17) is 26.7 Å². The van der Waals surface area contributed by atoms with E-state index in [1.165, 1.54) is 11.8 Å². The van der Waals surface area contributed by atoms with Gasteiger partial charge in [0.05, 0.1) is 6.42 Å². The number of hydrogen-bond donors (Lipinski definition) is 20. The number of likely N-dealkylation sites (N-methyl/N-ethyl adjacent to an activating group) is 1. The number of aliphatic hydroxyl groups excluding tert-OH is 13. The number of aliphatic imine (C=N–C) groups is 11. The first-order chi connectivity index (χ1) is 53.7. The van der Waals surface area contributed by atoms with Crippen LogP contribution >= 0.6 is 15.9 Å². The summed E-state index contributed by atoms with van der Waals surface area (Å²) in [6.45, 7) is 8.15. The summed E-state index contributed by atoms with van der Waals surface area (Å²) in [7, 11) is -4.33. The first-order valence-corrected chi connectivity index (χ1v) is 38.6. The summed E-state index contributed by atoms with van der Waals surface area (Å²) in [6, 6.07) is 2.56. The van der Waals surface area contributed by atoms with E-state index < -0.39 is 233 Å². The van der Waals surface area contributed by atoms with Gasteiger partial charge in [-0.05, 0) is 92.7 Å². The highest BCUT2D eigenvalue weighted by molar-refractivity contribution is 9.10. The average molecular weight is 1680 g/mol. The number of carbonyl (C=O) groups is 3. The molecule has 3 aromatic carbocycles. The maximum Gasteiger partial charge on any atom is 0.331 e. The van der Waals surface area contributed by atoms with Crippen molar-refractivity contribution in [3.63, 3.8) is 0 Å². The molecule has 2 aliphatic heterocycles. The number of esters is 1. The Morgan fingerprint density at radius 1 is 0.746 bits per heavy atom. The number of rotatable bonds is 35. The van der Waals surface area contributed by atoms with E-state index in [0.29, 0.717) is 40.4 Å². The second-order valence-electron chi connectivity index (χ2n) is 27.7. The minimum absolute atomic E-state index is 0.00749. The highest BCUT2D eigenvalue weighted by Gasteiger charge is 2.41. The third-order valence-corrected chi connectivity index (χ3v) is 19.4. The topological polar surface area (TPSA) is 646 Å². The maximum absolute atomic E-state index is 15.1. The average Bonchev–Trinajstić information content (AvgIpc) is 1.31. The monoisotopic (exact) mass is 1670 g/mol. The van der Waals surface area contributed by atoms with Crippen LogP contribution in [0, 0.1) is 28.1 Å². The highest BCUT2D eigenvalue weighted by Crippen LogP contribution is 2.27. The second kappa shape index (κ2) is 42.9. The predicted molar refractivity (Wildman–Crippen MR) is 437 cm³/mol. The number of likely N-dealkylation sites (tertiary alicyclic amines) is 1. The number of hydrogen-bond acceptors (Lipinski definition) is 20. The molecule has 2 aliphatic rings. The fraction of sp³-hybridized carbons (Fsp3) is 0.493. The van der Waals surface area contributed by atoms with Gasteiger partial charge in [-0.3, -0.25) is 30.4 Å². The largest absolute Gasteiger partial charge is 0.499 e. The molecule has 1 saturated heterocycles. The number of aromatic amines is 1. The normalized spacial score (nSPS) is 21.4. The van der Waals surface area contributed by atoms with Gasteiger partial charge in [-0.15, -0.1) is 0 Å². The molecule has 0 saturated carbocycles. The molecular weight excluding hydrogens is 1570 g/mol. The van der Waals surface area contributed by atoms with Gasteiger partial charge in [-0.25, -0.2) is 59.7 Å². The minimum atomic E-state index is -5.37. The van der Waals surface area contributed by atoms with Gasteiger partial charge in [0.25, 0.3) is 16.0 Å². The number of para-hydroxylation sites is 1. The van der Waals surface area contributed by atoms with E-state index in [1.807, 2.05) is 0 Å². The van der Waals surface area contributed by atoms with Gasteiger partial charge in [0.15, 0.2) is 36.2 Å². The van der Waals surface area contributed by atoms with E-state index in [9.17, 15) is 88.9 Å². The number of H-pyrrole nitrogens is 1. The highest BCUT2D eigenvalue weighted by atomic mass is 79.9. The summed E-state index contributed by atoms with van der Waals surface area (Å²) in [4.78, 5) is 94.9. The second-order valence-corrected chi connectivity index (χ2v) is 30.1. The lowest BCUT2D eigenvalue weighted by atomic mass is 10.0. The summed E-state index contributed by atoms with van der Waals surface area (Å²) in [5.41, 5.74) is 7.85. The van der Waals surface area contributed by atoms with Crippen LogP contribution in [0.3, 0.4) is 0 Å². The first kappa shape index (κ1) is 91.3. The van der Waals surface area contributed by atoms with Crippen LogP contribution in [0.1, 0.15) is 103 Å². The molecule has 114 heavy (non-hydrogen) atoms. The lowest BCUT2D eigenvalue weighted by Gasteiger charge is -2.31. The van der Waals surface area contributed by atoms with Gasteiger partial charge >= 0.3 is 5.97 Å². The van der Waals surface area contributed by atoms with Gasteiger partial charge in [-0.1, -0.05) is 104 Å². The van der Waals surface area contributed by atoms with Crippen molar-refractivity contribution in [3.8, 4) is 0 Å². The van der Waals surface area contributed by atoms with Crippen molar-refractivity contribution in [2.24, 2.45) is 72.5 Å². The number of halogens is 1. The van der Waals surface area contributed by atoms with Crippen molar-refractivity contribution < 1.29 is 98.5 Å². The molecule has 41 heteroatoms. The molecule has 21 N–H and O–H groups in total. The molecule has 0 bridgehead atoms. The molecule has 0 unspecified atom stereocenters. The summed E-state index contributed by atoms with van der Waals surface area (Å²) in [5, 5.41) is 174. The van der Waals surface area contributed by atoms with E-state index in [2.05, 4.69) is 81.1 Å². The molecule has 0 aliphatic carbocycles. The Balaban J connectivity index is 1.47. The number of amides is 2. The van der Waals surface area contributed by atoms with Crippen LogP contribution in [0.15, 0.2) is 144 Å². The molecule has 0 spiro atoms. The van der Waals surface area contributed by atoms with Gasteiger partial charge in [-0.2, -0.15) is 8.42 Å². The first-order valence-electron chi connectivity index (χ1n) is 36.2. The zero-order valence-corrected chi connectivity index (χ0v) is 66.0. The van der Waals surface area contributed by atoms with E-state index in [-0.39, 0.29) is 45.2 Å². The lowest BCUT2D eigenvalue weighted by Crippen LogP contribution is -2.51. The number of aromatic nitrogens is 1. The van der Waals surface area contributed by atoms with Crippen molar-refractivity contribution in [2.75, 3.05) is 32.4 Å². The molecule has 2 amide bonds. The summed E-state index contributed by atoms with van der Waals surface area (Å²) in [5.74, 6) is -18.1. The molecule has 39 nitrogen and oxygen atoms in total. The Kier molecular flexibility index (Phi) is 34.3. The van der Waals surface area contributed by atoms with E-state index in [1.54, 1.807) is 113 Å². The molecular formula is C73H100BrN19O20S. The number of ether oxygens (including phenoxy) is 1. The Hall–Kier alpha value is -11.6. The van der Waals surface area contributed by atoms with Crippen LogP contribution in [-0.4, -0.2) is 306 Å². The van der Waals surface area contributed by atoms with Crippen LogP contribution < -0.4 is 11.1 Å². The summed E-state index contributed by atoms with van der Waals surface area (Å²) < 4.78 is 42.8. The number of aliphatic hydroxyl groups is 13. The molecule has 620 valence electrons. The minimum Gasteiger partial charge on any atom is -0.499 e. The number of carbonyl (C=O) groups excluding carboxylic acids is 3. The standard InChI is InChI=1S/C73H100BrN19O20S/c1-37(2)58(90-69(106)59(38(3)4)89-67(104)54-20-14-28-93(54)70(107)50(87-61(98)39(5)82-36-94)30-42-21-23-44(74)24-22-42)68(105)86-49(31-43-33-80-46-18-12-11-17-45(43)46)64(101)84-47(19-13-27-79-73(77)78)63(100)88-52(35-114(110,111)112)65(102)91-60-40(6)113-72(109)51(32-56(76)96)83-57(97)34-81-62(99)48(29-41-15-9-8-10-16-41)85-66(103)53(25-26-55(75)95)92(7)71(60)108/h8-12,15-18,21-24,33,36-40,47-54,58-60,80H,13-14,19-20,25-32,34-35H2,1-7H3,(H2,75,95)(H2,76,96)(H,81,99)(H,82,94)(H,83,97)(H,84,101)(H,85,103)(H,86,105)(H,87,98)(H,88,100)(H,89,104)(H,90,106)(H,91,102)(H4,77,78,79)(H,110,111,112)/t39-,40-,47+,48-,49-,50+,51-,52-,53+,54+,58+,59-,60+/m1/s1. The Bertz CT molecular complexity index is 4490. The van der Waals surface area contributed by atoms with Gasteiger partial charge in [0.1, 0.15) is 78.8 Å². The van der Waals surface area contributed by atoms with Crippen LogP contribution in [0.5, 0.6) is 0 Å². The van der Waals surface area contributed by atoms with E-state index >= 15 is 4.79 Å². The molecule has 13 atom stereocenters. The molecule has 1 aromatic heterocycles. The SMILES string of the molecule is CC(C)[C@H](N=C(O)[C@H](N=C(O)[C@@H]1CCCN1C(=O)[C@H](Cc1ccc(Br)cc1)N=C(O)[C@@H](C)N=CO)C(C)C)C(O)=N[C@H](Cc1c[nH]c2ccccc12)C(O)=N[C@@H](CCCNC(=N)N)C(O)=N[C@H](CS(=O)(=O)O)C(O)=N[C@@H]1C(=O)N(C)[C@@H](CCC(=N)O)C(O)=N[C@H](Cc2ccccc2)C(O)=NCC(O)=N[C@H](CC(=N)O)C(=O)O[C@@H]1C. The predicted octanol–water partition coefficient (Wildman–Crippen LogP) is 7.28. The molecule has 1 fully saturated rings. The lowest BCUT2D eigenvalue weighted by molar-refractivity contribution is -0.153. The third-order valence-electron chi connectivity index (χ3n) is 18.2. The van der Waals surface area contributed by atoms with Crippen LogP contribution in [0.2, 0.25) is 0 Å². The number of benzene rings is 3. The van der Waals surface area contributed by atoms with Crippen LogP contribution in [0.4, 0.5) is 0 Å². The maximum atomic E-state index is 15.1. The van der Waals surface area contributed by atoms with Crippen molar-refractivity contribution in [1.29, 1.82) is 16.2 Å². The Labute approximate surface area is 665 Å². The molecule has 3 heterocycles. The number of nitrogens with zero attached hydrogens (tertiary/aromatic N) is 13. The van der Waals surface area contributed by atoms with Gasteiger partial charge < -0.3 is 97.0 Å². The van der Waals surface area contributed by atoms with E-state index in [0.717, 1.165) is 23.3 Å². The number of nitrogens with two attached hydrogens (primary N) is 1. The molecule has 0 radical (unpaired) electrons. The fourth-order valence-corrected chi connectivity index (χ4v) is 13.0. The zero-order valence-electron chi connectivity index (χ0n) is 63.6. The molecule has 4 aromatic rings. The van der Waals surface area contributed by atoms with Gasteiger partial charge in [0.2, 0.25) is 64.9 Å². The molecule has 6 rings (SSSR count). The number of fused-ring (bicyclic) bond motifs is 1. The summed E-state index contributed by atoms with van der Waals surface area (Å²) in [6.07, 6.45) is -2.32. The zero-order chi connectivity index (χ0) is 84.4. The van der Waals surface area contributed by atoms with Crippen LogP contribution in [-0.2, 0) is 48.5 Å².